The fourth-order valence-electron chi connectivity index (χ4n) is 8.21. The second kappa shape index (κ2) is 31.8. The number of aliphatic hydroxyl groups is 5. The summed E-state index contributed by atoms with van der Waals surface area (Å²) < 4.78 is 38.3. The second-order valence-corrected chi connectivity index (χ2v) is 17.8. The SMILES string of the molecule is CCCCCCCCCCCCCC[C@@H](O)[C@@H](O)[C@H](CO[C@H]1O[C@H](CNC(=O)Cc2cccc(C)c2)[C@H](O)[C@H](O)[C@H]1O)NC(=O)CCCCCCCCCCc1ccc(F)c(F)c1. The second-order valence-electron chi connectivity index (χ2n) is 17.8. The molecule has 13 heteroatoms. The van der Waals surface area contributed by atoms with Crippen LogP contribution in [0.4, 0.5) is 8.78 Å². The van der Waals surface area contributed by atoms with Crippen molar-refractivity contribution in [2.24, 2.45) is 0 Å². The highest BCUT2D eigenvalue weighted by atomic mass is 19.2. The molecule has 0 aromatic heterocycles. The normalized spacial score (nSPS) is 20.3. The van der Waals surface area contributed by atoms with Crippen LogP contribution in [0, 0.1) is 18.6 Å². The van der Waals surface area contributed by atoms with E-state index in [1.54, 1.807) is 6.07 Å². The third-order valence-electron chi connectivity index (χ3n) is 12.2. The number of nitrogens with one attached hydrogen (secondary N) is 2. The van der Waals surface area contributed by atoms with Crippen LogP contribution >= 0.6 is 0 Å². The fourth-order valence-corrected chi connectivity index (χ4v) is 8.21. The number of aliphatic hydroxyl groups excluding tert-OH is 5. The molecular formula is C50H80F2N2O9. The number of rotatable bonds is 34. The summed E-state index contributed by atoms with van der Waals surface area (Å²) in [5.41, 5.74) is 2.61. The van der Waals surface area contributed by atoms with Gasteiger partial charge in [0, 0.05) is 13.0 Å². The first-order valence-electron chi connectivity index (χ1n) is 24.1. The van der Waals surface area contributed by atoms with E-state index in [1.807, 2.05) is 31.2 Å². The van der Waals surface area contributed by atoms with Crippen LogP contribution in [-0.2, 0) is 31.9 Å². The molecule has 3 rings (SSSR count). The summed E-state index contributed by atoms with van der Waals surface area (Å²) in [7, 11) is 0. The zero-order valence-corrected chi connectivity index (χ0v) is 38.2. The van der Waals surface area contributed by atoms with Crippen LogP contribution in [0.2, 0.25) is 0 Å². The van der Waals surface area contributed by atoms with Gasteiger partial charge >= 0.3 is 0 Å². The summed E-state index contributed by atoms with van der Waals surface area (Å²) in [5.74, 6) is -2.30. The third kappa shape index (κ3) is 22.1. The molecular weight excluding hydrogens is 811 g/mol. The summed E-state index contributed by atoms with van der Waals surface area (Å²) in [4.78, 5) is 25.9. The number of aryl methyl sites for hydroxylation is 2. The first-order valence-corrected chi connectivity index (χ1v) is 24.1. The summed E-state index contributed by atoms with van der Waals surface area (Å²) >= 11 is 0. The predicted octanol–water partition coefficient (Wildman–Crippen LogP) is 7.81. The molecule has 1 aliphatic heterocycles. The van der Waals surface area contributed by atoms with E-state index in [9.17, 15) is 43.9 Å². The van der Waals surface area contributed by atoms with Crippen molar-refractivity contribution >= 4 is 11.8 Å². The van der Waals surface area contributed by atoms with E-state index in [0.29, 0.717) is 25.7 Å². The van der Waals surface area contributed by atoms with Gasteiger partial charge in [-0.25, -0.2) is 8.78 Å². The van der Waals surface area contributed by atoms with Gasteiger partial charge in [0.15, 0.2) is 17.9 Å². The number of hydrogen-bond acceptors (Lipinski definition) is 9. The van der Waals surface area contributed by atoms with Crippen LogP contribution in [0.15, 0.2) is 42.5 Å². The molecule has 0 spiro atoms. The monoisotopic (exact) mass is 891 g/mol. The predicted molar refractivity (Wildman–Crippen MR) is 242 cm³/mol. The smallest absolute Gasteiger partial charge is 0.224 e. The number of halogens is 2. The lowest BCUT2D eigenvalue weighted by molar-refractivity contribution is -0.297. The lowest BCUT2D eigenvalue weighted by Gasteiger charge is -2.41. The van der Waals surface area contributed by atoms with Gasteiger partial charge in [-0.05, 0) is 55.9 Å². The molecule has 2 aromatic rings. The molecule has 1 aliphatic rings. The molecule has 8 atom stereocenters. The van der Waals surface area contributed by atoms with Gasteiger partial charge < -0.3 is 45.6 Å². The molecule has 1 heterocycles. The number of carbonyl (C=O) groups is 2. The zero-order valence-electron chi connectivity index (χ0n) is 38.2. The Morgan fingerprint density at radius 2 is 1.30 bits per heavy atom. The highest BCUT2D eigenvalue weighted by molar-refractivity contribution is 5.78. The van der Waals surface area contributed by atoms with E-state index in [1.165, 1.54) is 57.4 Å². The van der Waals surface area contributed by atoms with Crippen molar-refractivity contribution in [2.45, 2.75) is 217 Å². The van der Waals surface area contributed by atoms with Crippen molar-refractivity contribution in [2.75, 3.05) is 13.2 Å². The van der Waals surface area contributed by atoms with Crippen molar-refractivity contribution in [3.63, 3.8) is 0 Å². The lowest BCUT2D eigenvalue weighted by Crippen LogP contribution is -2.61. The Kier molecular flexibility index (Phi) is 27.4. The van der Waals surface area contributed by atoms with Crippen LogP contribution in [0.3, 0.4) is 0 Å². The van der Waals surface area contributed by atoms with Crippen molar-refractivity contribution in [3.05, 3.63) is 70.8 Å². The summed E-state index contributed by atoms with van der Waals surface area (Å²) in [6.45, 7) is 3.62. The Morgan fingerprint density at radius 3 is 1.92 bits per heavy atom. The molecule has 11 nitrogen and oxygen atoms in total. The van der Waals surface area contributed by atoms with E-state index in [4.69, 9.17) is 9.47 Å². The Balaban J connectivity index is 1.45. The molecule has 1 fully saturated rings. The average Bonchev–Trinajstić information content (AvgIpc) is 3.26. The van der Waals surface area contributed by atoms with E-state index in [2.05, 4.69) is 17.6 Å². The third-order valence-corrected chi connectivity index (χ3v) is 12.2. The Labute approximate surface area is 375 Å². The maximum atomic E-state index is 13.4. The first kappa shape index (κ1) is 54.3. The maximum absolute atomic E-state index is 13.4. The van der Waals surface area contributed by atoms with Crippen molar-refractivity contribution in [1.29, 1.82) is 0 Å². The minimum Gasteiger partial charge on any atom is -0.390 e. The highest BCUT2D eigenvalue weighted by Crippen LogP contribution is 2.23. The Hall–Kier alpha value is -3.04. The molecule has 0 saturated carbocycles. The molecule has 358 valence electrons. The van der Waals surface area contributed by atoms with Gasteiger partial charge in [-0.15, -0.1) is 0 Å². The molecule has 0 unspecified atom stereocenters. The number of unbranched alkanes of at least 4 members (excludes halogenated alkanes) is 18. The van der Waals surface area contributed by atoms with Crippen molar-refractivity contribution < 1.29 is 53.4 Å². The van der Waals surface area contributed by atoms with Gasteiger partial charge in [0.05, 0.1) is 25.2 Å². The van der Waals surface area contributed by atoms with Gasteiger partial charge in [0.2, 0.25) is 11.8 Å². The standard InChI is InChI=1S/C50H80F2N2O9/c1-3-4-5-6-7-8-9-10-11-15-18-21-27-42(55)46(58)41(54-44(56)28-22-19-16-13-12-14-17-20-25-37-29-30-39(51)40(52)32-37)35-62-50-49(61)48(60)47(59)43(63-50)34-53-45(57)33-38-26-23-24-36(2)31-38/h23-24,26,29-32,41-43,46-50,55,58-61H,3-22,25,27-28,33-35H2,1-2H3,(H,53,57)(H,54,56)/t41-,42+,43+,46-,47-,48-,49+,50-/m0/s1. The summed E-state index contributed by atoms with van der Waals surface area (Å²) in [6, 6.07) is 10.5. The van der Waals surface area contributed by atoms with Crippen LogP contribution in [0.1, 0.15) is 165 Å². The Bertz CT molecular complexity index is 1550. The van der Waals surface area contributed by atoms with Crippen molar-refractivity contribution in [1.82, 2.24) is 10.6 Å². The number of amides is 2. The lowest BCUT2D eigenvalue weighted by atomic mass is 9.98. The van der Waals surface area contributed by atoms with Crippen molar-refractivity contribution in [3.8, 4) is 0 Å². The molecule has 2 amide bonds. The topological polar surface area (TPSA) is 178 Å². The minimum absolute atomic E-state index is 0.0996. The van der Waals surface area contributed by atoms with Crippen LogP contribution in [-0.4, -0.2) is 99.5 Å². The van der Waals surface area contributed by atoms with Crippen LogP contribution in [0.25, 0.3) is 0 Å². The number of ether oxygens (including phenoxy) is 2. The number of carbonyl (C=O) groups excluding carboxylic acids is 2. The van der Waals surface area contributed by atoms with Gasteiger partial charge in [0.25, 0.3) is 0 Å². The molecule has 0 bridgehead atoms. The molecule has 2 aromatic carbocycles. The molecule has 1 saturated heterocycles. The van der Waals surface area contributed by atoms with E-state index in [0.717, 1.165) is 87.0 Å². The van der Waals surface area contributed by atoms with Crippen LogP contribution < -0.4 is 10.6 Å². The zero-order chi connectivity index (χ0) is 45.8. The quantitative estimate of drug-likeness (QED) is 0.0346. The van der Waals surface area contributed by atoms with Gasteiger partial charge in [-0.3, -0.25) is 9.59 Å². The minimum atomic E-state index is -1.67. The van der Waals surface area contributed by atoms with Gasteiger partial charge in [-0.1, -0.05) is 158 Å². The summed E-state index contributed by atoms with van der Waals surface area (Å²) in [6.07, 6.45) is 12.7. The number of hydrogen-bond donors (Lipinski definition) is 7. The summed E-state index contributed by atoms with van der Waals surface area (Å²) in [5, 5.41) is 60.1. The van der Waals surface area contributed by atoms with Crippen LogP contribution in [0.5, 0.6) is 0 Å². The van der Waals surface area contributed by atoms with Gasteiger partial charge in [0.1, 0.15) is 30.5 Å². The molecule has 63 heavy (non-hydrogen) atoms. The molecule has 0 aliphatic carbocycles. The van der Waals surface area contributed by atoms with E-state index >= 15 is 0 Å². The maximum Gasteiger partial charge on any atom is 0.224 e. The molecule has 0 radical (unpaired) electrons. The average molecular weight is 891 g/mol. The first-order chi connectivity index (χ1) is 30.4. The van der Waals surface area contributed by atoms with E-state index in [-0.39, 0.29) is 37.8 Å². The van der Waals surface area contributed by atoms with E-state index < -0.39 is 60.6 Å². The fraction of sp³-hybridized carbons (Fsp3) is 0.720. The number of benzene rings is 2. The molecule has 7 N–H and O–H groups in total. The van der Waals surface area contributed by atoms with Gasteiger partial charge in [-0.2, -0.15) is 0 Å². The largest absolute Gasteiger partial charge is 0.390 e. The Morgan fingerprint density at radius 1 is 0.698 bits per heavy atom. The highest BCUT2D eigenvalue weighted by Gasteiger charge is 2.45.